The molecular weight excluding hydrogens is 270 g/mol. The maximum absolute atomic E-state index is 10.9. The Hall–Kier alpha value is -1.89. The monoisotopic (exact) mass is 281 g/mol. The number of aromatic nitrogens is 2. The van der Waals surface area contributed by atoms with Gasteiger partial charge in [-0.05, 0) is 12.1 Å². The summed E-state index contributed by atoms with van der Waals surface area (Å²) in [5, 5.41) is 26.5. The van der Waals surface area contributed by atoms with Crippen LogP contribution >= 0.6 is 11.6 Å². The van der Waals surface area contributed by atoms with Gasteiger partial charge >= 0.3 is 0 Å². The molecule has 0 aliphatic rings. The third-order valence-electron chi connectivity index (χ3n) is 2.71. The Morgan fingerprint density at radius 3 is 2.53 bits per heavy atom. The lowest BCUT2D eigenvalue weighted by atomic mass is 10.0. The van der Waals surface area contributed by atoms with Crippen LogP contribution in [0.1, 0.15) is 11.7 Å². The lowest BCUT2D eigenvalue weighted by Crippen LogP contribution is -2.33. The Balaban J connectivity index is 2.37. The molecule has 2 rings (SSSR count). The first-order valence-corrected chi connectivity index (χ1v) is 5.83. The zero-order valence-electron chi connectivity index (χ0n) is 9.75. The molecule has 19 heavy (non-hydrogen) atoms. The fraction of sp³-hybridized carbons (Fsp3) is 0.167. The molecule has 2 atom stereocenters. The highest BCUT2D eigenvalue weighted by Crippen LogP contribution is 2.28. The van der Waals surface area contributed by atoms with Crippen LogP contribution in [0.25, 0.3) is 11.3 Å². The number of carbonyl (C=O) groups excluding carboxylic acids is 1. The van der Waals surface area contributed by atoms with E-state index in [0.717, 1.165) is 0 Å². The number of rotatable bonds is 4. The van der Waals surface area contributed by atoms with Crippen LogP contribution in [0.3, 0.4) is 0 Å². The highest BCUT2D eigenvalue weighted by atomic mass is 35.5. The Labute approximate surface area is 113 Å². The molecule has 1 aromatic carbocycles. The molecule has 0 fully saturated rings. The van der Waals surface area contributed by atoms with Crippen LogP contribution in [0, 0.1) is 0 Å². The fourth-order valence-electron chi connectivity index (χ4n) is 1.69. The van der Waals surface area contributed by atoms with Gasteiger partial charge in [0.15, 0.2) is 6.10 Å². The maximum atomic E-state index is 10.9. The highest BCUT2D eigenvalue weighted by Gasteiger charge is 2.27. The molecule has 2 unspecified atom stereocenters. The molecule has 6 nitrogen and oxygen atoms in total. The topological polar surface area (TPSA) is 112 Å². The van der Waals surface area contributed by atoms with Gasteiger partial charge in [-0.15, -0.1) is 0 Å². The standard InChI is InChI=1S/C12H12ClN3O3/c13-7-3-1-6(2-4-7)9-8(5-15-16-9)10(17)11(18)12(14)19/h1-5,10-11,17-18H,(H2,14,19)(H,15,16). The zero-order chi connectivity index (χ0) is 14.0. The Bertz CT molecular complexity index is 582. The van der Waals surface area contributed by atoms with E-state index in [1.807, 2.05) is 0 Å². The Kier molecular flexibility index (Phi) is 3.84. The summed E-state index contributed by atoms with van der Waals surface area (Å²) in [5.41, 5.74) is 6.45. The van der Waals surface area contributed by atoms with Crippen LogP contribution in [0.5, 0.6) is 0 Å². The van der Waals surface area contributed by atoms with Crippen LogP contribution in [0.15, 0.2) is 30.5 Å². The first-order valence-electron chi connectivity index (χ1n) is 5.45. The number of H-pyrrole nitrogens is 1. The Morgan fingerprint density at radius 2 is 1.95 bits per heavy atom. The lowest BCUT2D eigenvalue weighted by molar-refractivity contribution is -0.131. The van der Waals surface area contributed by atoms with E-state index >= 15 is 0 Å². The van der Waals surface area contributed by atoms with Crippen molar-refractivity contribution in [3.63, 3.8) is 0 Å². The van der Waals surface area contributed by atoms with E-state index in [-0.39, 0.29) is 5.56 Å². The van der Waals surface area contributed by atoms with E-state index in [1.54, 1.807) is 24.3 Å². The second kappa shape index (κ2) is 5.40. The van der Waals surface area contributed by atoms with Crippen molar-refractivity contribution >= 4 is 17.5 Å². The molecule has 5 N–H and O–H groups in total. The van der Waals surface area contributed by atoms with Gasteiger partial charge in [0.1, 0.15) is 6.10 Å². The molecule has 1 heterocycles. The van der Waals surface area contributed by atoms with Crippen LogP contribution in [0.2, 0.25) is 5.02 Å². The number of aliphatic hydroxyl groups is 2. The highest BCUT2D eigenvalue weighted by molar-refractivity contribution is 6.30. The minimum Gasteiger partial charge on any atom is -0.385 e. The first kappa shape index (κ1) is 13.5. The van der Waals surface area contributed by atoms with Crippen molar-refractivity contribution in [1.29, 1.82) is 0 Å². The summed E-state index contributed by atoms with van der Waals surface area (Å²) in [4.78, 5) is 10.9. The smallest absolute Gasteiger partial charge is 0.249 e. The van der Waals surface area contributed by atoms with Crippen molar-refractivity contribution < 1.29 is 15.0 Å². The molecule has 0 saturated carbocycles. The predicted molar refractivity (Wildman–Crippen MR) is 69.2 cm³/mol. The lowest BCUT2D eigenvalue weighted by Gasteiger charge is -2.15. The van der Waals surface area contributed by atoms with E-state index in [1.165, 1.54) is 6.20 Å². The summed E-state index contributed by atoms with van der Waals surface area (Å²) in [7, 11) is 0. The number of carbonyl (C=O) groups is 1. The third-order valence-corrected chi connectivity index (χ3v) is 2.96. The number of benzene rings is 1. The second-order valence-electron chi connectivity index (χ2n) is 4.00. The first-order chi connectivity index (χ1) is 9.00. The van der Waals surface area contributed by atoms with Gasteiger partial charge < -0.3 is 15.9 Å². The van der Waals surface area contributed by atoms with E-state index < -0.39 is 18.1 Å². The van der Waals surface area contributed by atoms with Gasteiger partial charge in [0.05, 0.1) is 11.9 Å². The summed E-state index contributed by atoms with van der Waals surface area (Å²) in [6, 6.07) is 6.81. The molecule has 0 radical (unpaired) electrons. The van der Waals surface area contributed by atoms with Crippen LogP contribution in [-0.2, 0) is 4.79 Å². The molecule has 1 amide bonds. The van der Waals surface area contributed by atoms with Crippen molar-refractivity contribution in [2.75, 3.05) is 0 Å². The third kappa shape index (κ3) is 2.76. The van der Waals surface area contributed by atoms with Crippen LogP contribution in [0.4, 0.5) is 0 Å². The van der Waals surface area contributed by atoms with E-state index in [9.17, 15) is 15.0 Å². The van der Waals surface area contributed by atoms with E-state index in [4.69, 9.17) is 17.3 Å². The molecule has 7 heteroatoms. The van der Waals surface area contributed by atoms with Gasteiger partial charge in [-0.3, -0.25) is 9.89 Å². The van der Waals surface area contributed by atoms with Gasteiger partial charge in [-0.1, -0.05) is 23.7 Å². The summed E-state index contributed by atoms with van der Waals surface area (Å²) in [6.45, 7) is 0. The number of nitrogens with two attached hydrogens (primary N) is 1. The average molecular weight is 282 g/mol. The summed E-state index contributed by atoms with van der Waals surface area (Å²) < 4.78 is 0. The summed E-state index contributed by atoms with van der Waals surface area (Å²) in [5.74, 6) is -1.00. The molecular formula is C12H12ClN3O3. The average Bonchev–Trinajstić information content (AvgIpc) is 2.87. The molecule has 0 spiro atoms. The number of hydrogen-bond donors (Lipinski definition) is 4. The summed E-state index contributed by atoms with van der Waals surface area (Å²) in [6.07, 6.45) is -1.80. The van der Waals surface area contributed by atoms with E-state index in [0.29, 0.717) is 16.3 Å². The number of halogens is 1. The van der Waals surface area contributed by atoms with Crippen molar-refractivity contribution in [3.05, 3.63) is 41.0 Å². The van der Waals surface area contributed by atoms with Gasteiger partial charge in [0.25, 0.3) is 0 Å². The number of aliphatic hydroxyl groups excluding tert-OH is 2. The van der Waals surface area contributed by atoms with Crippen molar-refractivity contribution in [2.24, 2.45) is 5.73 Å². The normalized spacial score (nSPS) is 14.1. The van der Waals surface area contributed by atoms with Crippen molar-refractivity contribution in [2.45, 2.75) is 12.2 Å². The molecule has 1 aromatic heterocycles. The number of nitrogens with zero attached hydrogens (tertiary/aromatic N) is 1. The maximum Gasteiger partial charge on any atom is 0.249 e. The molecule has 0 bridgehead atoms. The van der Waals surface area contributed by atoms with Gasteiger partial charge in [0, 0.05) is 16.1 Å². The predicted octanol–water partition coefficient (Wildman–Crippen LogP) is 0.610. The van der Waals surface area contributed by atoms with Crippen LogP contribution in [-0.4, -0.2) is 32.4 Å². The molecule has 0 aliphatic heterocycles. The zero-order valence-corrected chi connectivity index (χ0v) is 10.5. The number of aromatic amines is 1. The van der Waals surface area contributed by atoms with Gasteiger partial charge in [-0.2, -0.15) is 5.10 Å². The minimum absolute atomic E-state index is 0.286. The number of hydrogen-bond acceptors (Lipinski definition) is 4. The number of amides is 1. The molecule has 100 valence electrons. The van der Waals surface area contributed by atoms with Gasteiger partial charge in [0.2, 0.25) is 5.91 Å². The molecule has 2 aromatic rings. The Morgan fingerprint density at radius 1 is 1.32 bits per heavy atom. The molecule has 0 saturated heterocycles. The van der Waals surface area contributed by atoms with Gasteiger partial charge in [-0.25, -0.2) is 0 Å². The minimum atomic E-state index is -1.69. The summed E-state index contributed by atoms with van der Waals surface area (Å²) >= 11 is 5.79. The fourth-order valence-corrected chi connectivity index (χ4v) is 1.82. The second-order valence-corrected chi connectivity index (χ2v) is 4.44. The number of primary amides is 1. The SMILES string of the molecule is NC(=O)C(O)C(O)c1cn[nH]c1-c1ccc(Cl)cc1. The quantitative estimate of drug-likeness (QED) is 0.658. The van der Waals surface area contributed by atoms with Crippen molar-refractivity contribution in [3.8, 4) is 11.3 Å². The number of nitrogens with one attached hydrogen (secondary N) is 1. The van der Waals surface area contributed by atoms with Crippen molar-refractivity contribution in [1.82, 2.24) is 10.2 Å². The van der Waals surface area contributed by atoms with Crippen LogP contribution < -0.4 is 5.73 Å². The largest absolute Gasteiger partial charge is 0.385 e. The molecule has 0 aliphatic carbocycles. The van der Waals surface area contributed by atoms with E-state index in [2.05, 4.69) is 10.2 Å².